The number of carbonyl (C=O) groups is 2. The minimum absolute atomic E-state index is 0.0783. The third kappa shape index (κ3) is 7.15. The predicted octanol–water partition coefficient (Wildman–Crippen LogP) is 5.90. The van der Waals surface area contributed by atoms with Gasteiger partial charge < -0.3 is 15.1 Å². The smallest absolute Gasteiger partial charge is 0.291 e. The Bertz CT molecular complexity index is 1310. The second-order valence-electron chi connectivity index (χ2n) is 15.7. The first-order chi connectivity index (χ1) is 20.8. The molecular formula is C34H52N8O2. The lowest BCUT2D eigenvalue weighted by Gasteiger charge is -2.47. The number of amidine groups is 1. The summed E-state index contributed by atoms with van der Waals surface area (Å²) in [5.74, 6) is 2.26. The van der Waals surface area contributed by atoms with Crippen molar-refractivity contribution in [2.45, 2.75) is 118 Å². The number of nitrogens with one attached hydrogen (secondary N) is 2. The van der Waals surface area contributed by atoms with Crippen LogP contribution in [0.5, 0.6) is 0 Å². The number of piperidine rings is 1. The normalized spacial score (nSPS) is 24.1. The van der Waals surface area contributed by atoms with Gasteiger partial charge in [0.25, 0.3) is 11.8 Å². The lowest BCUT2D eigenvalue weighted by Crippen LogP contribution is -2.52. The first-order valence-corrected chi connectivity index (χ1v) is 16.5. The number of aromatic nitrogens is 4. The number of hydrogen-bond acceptors (Lipinski definition) is 7. The Morgan fingerprint density at radius 2 is 1.70 bits per heavy atom. The van der Waals surface area contributed by atoms with Crippen LogP contribution >= 0.6 is 0 Å². The average Bonchev–Trinajstić information content (AvgIpc) is 3.59. The number of benzene rings is 1. The molecule has 10 heteroatoms. The van der Waals surface area contributed by atoms with Gasteiger partial charge in [0.2, 0.25) is 0 Å². The second kappa shape index (κ2) is 12.6. The first-order valence-electron chi connectivity index (χ1n) is 16.5. The molecule has 2 fully saturated rings. The fourth-order valence-electron chi connectivity index (χ4n) is 7.14. The summed E-state index contributed by atoms with van der Waals surface area (Å²) < 4.78 is 0. The van der Waals surface area contributed by atoms with E-state index in [1.54, 1.807) is 0 Å². The molecule has 1 spiro atoms. The van der Waals surface area contributed by atoms with Gasteiger partial charge in [0.15, 0.2) is 11.7 Å². The molecule has 0 unspecified atom stereocenters. The molecule has 1 saturated carbocycles. The summed E-state index contributed by atoms with van der Waals surface area (Å²) in [6.07, 6.45) is 7.88. The molecular weight excluding hydrogens is 552 g/mol. The van der Waals surface area contributed by atoms with E-state index in [0.29, 0.717) is 29.1 Å². The van der Waals surface area contributed by atoms with E-state index in [0.717, 1.165) is 70.0 Å². The van der Waals surface area contributed by atoms with Crippen LogP contribution in [0.25, 0.3) is 0 Å². The molecule has 2 aromatic rings. The second-order valence-corrected chi connectivity index (χ2v) is 15.7. The summed E-state index contributed by atoms with van der Waals surface area (Å²) in [7, 11) is 0. The van der Waals surface area contributed by atoms with Gasteiger partial charge in [-0.05, 0) is 91.7 Å². The molecule has 2 amide bonds. The molecule has 1 atom stereocenters. The number of H-pyrrole nitrogens is 1. The highest BCUT2D eigenvalue weighted by molar-refractivity contribution is 6.39. The average molecular weight is 605 g/mol. The topological polar surface area (TPSA) is 119 Å². The molecule has 10 nitrogen and oxygen atoms in total. The van der Waals surface area contributed by atoms with E-state index in [2.05, 4.69) is 84.2 Å². The third-order valence-corrected chi connectivity index (χ3v) is 10.1. The quantitative estimate of drug-likeness (QED) is 0.406. The summed E-state index contributed by atoms with van der Waals surface area (Å²) in [5.41, 5.74) is 1.43. The lowest BCUT2D eigenvalue weighted by molar-refractivity contribution is -0.134. The summed E-state index contributed by atoms with van der Waals surface area (Å²) in [5, 5.41) is 16.6. The van der Waals surface area contributed by atoms with Gasteiger partial charge in [0.05, 0.1) is 12.6 Å². The Labute approximate surface area is 262 Å². The number of tetrazole rings is 1. The number of likely N-dealkylation sites (tertiary alicyclic amines) is 1. The van der Waals surface area contributed by atoms with Crippen LogP contribution in [0.3, 0.4) is 0 Å². The van der Waals surface area contributed by atoms with Crippen molar-refractivity contribution in [3.05, 3.63) is 41.2 Å². The SMILES string of the molecule is CC1CCN(C2=NC3(CCC(C(C)(C)C)CC3)N([C@H](CCC(C)(C)C)c3ccc(C(=O)NCc4nn[nH]n4)cc3)C2=O)CC1. The minimum Gasteiger partial charge on any atom is -0.352 e. The van der Waals surface area contributed by atoms with Crippen molar-refractivity contribution >= 4 is 17.6 Å². The van der Waals surface area contributed by atoms with Crippen molar-refractivity contribution in [1.29, 1.82) is 0 Å². The van der Waals surface area contributed by atoms with Crippen molar-refractivity contribution < 1.29 is 9.59 Å². The summed E-state index contributed by atoms with van der Waals surface area (Å²) in [6.45, 7) is 18.1. The van der Waals surface area contributed by atoms with E-state index < -0.39 is 5.66 Å². The third-order valence-electron chi connectivity index (χ3n) is 10.1. The zero-order chi connectivity index (χ0) is 31.7. The maximum Gasteiger partial charge on any atom is 0.291 e. The number of hydrogen-bond donors (Lipinski definition) is 2. The highest BCUT2D eigenvalue weighted by Crippen LogP contribution is 2.50. The highest BCUT2D eigenvalue weighted by Gasteiger charge is 2.53. The van der Waals surface area contributed by atoms with Gasteiger partial charge in [-0.1, -0.05) is 65.8 Å². The molecule has 2 N–H and O–H groups in total. The first kappa shape index (κ1) is 32.1. The van der Waals surface area contributed by atoms with Gasteiger partial charge in [-0.2, -0.15) is 5.21 Å². The van der Waals surface area contributed by atoms with Gasteiger partial charge in [-0.3, -0.25) is 9.59 Å². The molecule has 3 heterocycles. The summed E-state index contributed by atoms with van der Waals surface area (Å²) in [4.78, 5) is 37.4. The number of aliphatic imine (C=N–C) groups is 1. The lowest BCUT2D eigenvalue weighted by atomic mass is 9.69. The largest absolute Gasteiger partial charge is 0.352 e. The summed E-state index contributed by atoms with van der Waals surface area (Å²) in [6, 6.07) is 7.65. The fraction of sp³-hybridized carbons (Fsp3) is 0.706. The standard InChI is InChI=1S/C34H52N8O2/c1-23-15-20-41(21-16-23)29-31(44)42(34(36-29)18-12-26(13-19-34)33(5,6)7)27(14-17-32(2,3)4)24-8-10-25(11-9-24)30(43)35-22-28-37-39-40-38-28/h8-11,23,26-27H,12-22H2,1-7H3,(H,35,43)(H,37,38,39,40)/t26?,27-,34?/m1/s1. The molecule has 5 rings (SSSR count). The van der Waals surface area contributed by atoms with Gasteiger partial charge in [-0.25, -0.2) is 4.99 Å². The van der Waals surface area contributed by atoms with Crippen LogP contribution in [0.15, 0.2) is 29.3 Å². The van der Waals surface area contributed by atoms with Gasteiger partial charge in [0.1, 0.15) is 5.66 Å². The van der Waals surface area contributed by atoms with E-state index in [4.69, 9.17) is 4.99 Å². The van der Waals surface area contributed by atoms with Crippen LogP contribution in [0, 0.1) is 22.7 Å². The molecule has 0 radical (unpaired) electrons. The van der Waals surface area contributed by atoms with Gasteiger partial charge in [0, 0.05) is 18.7 Å². The maximum absolute atomic E-state index is 14.6. The molecule has 0 bridgehead atoms. The molecule has 1 saturated heterocycles. The predicted molar refractivity (Wildman–Crippen MR) is 172 cm³/mol. The number of rotatable bonds is 7. The van der Waals surface area contributed by atoms with Crippen LogP contribution in [0.1, 0.15) is 128 Å². The van der Waals surface area contributed by atoms with Crippen molar-refractivity contribution in [2.24, 2.45) is 27.7 Å². The van der Waals surface area contributed by atoms with E-state index in [1.165, 1.54) is 0 Å². The number of amides is 2. The maximum atomic E-state index is 14.6. The molecule has 240 valence electrons. The summed E-state index contributed by atoms with van der Waals surface area (Å²) >= 11 is 0. The van der Waals surface area contributed by atoms with E-state index >= 15 is 0 Å². The highest BCUT2D eigenvalue weighted by atomic mass is 16.2. The zero-order valence-electron chi connectivity index (χ0n) is 27.8. The van der Waals surface area contributed by atoms with E-state index in [9.17, 15) is 9.59 Å². The van der Waals surface area contributed by atoms with Crippen LogP contribution in [-0.4, -0.2) is 66.8 Å². The molecule has 1 aromatic carbocycles. The van der Waals surface area contributed by atoms with Crippen LogP contribution in [0.4, 0.5) is 0 Å². The van der Waals surface area contributed by atoms with Crippen molar-refractivity contribution in [1.82, 2.24) is 35.7 Å². The fourth-order valence-corrected chi connectivity index (χ4v) is 7.14. The Kier molecular flexibility index (Phi) is 9.19. The Balaban J connectivity index is 1.45. The van der Waals surface area contributed by atoms with Crippen molar-refractivity contribution in [2.75, 3.05) is 13.1 Å². The monoisotopic (exact) mass is 604 g/mol. The number of nitrogens with zero attached hydrogens (tertiary/aromatic N) is 6. The van der Waals surface area contributed by atoms with Crippen molar-refractivity contribution in [3.63, 3.8) is 0 Å². The molecule has 44 heavy (non-hydrogen) atoms. The van der Waals surface area contributed by atoms with Crippen LogP contribution in [-0.2, 0) is 11.3 Å². The molecule has 3 aliphatic rings. The van der Waals surface area contributed by atoms with Gasteiger partial charge >= 0.3 is 0 Å². The van der Waals surface area contributed by atoms with Crippen LogP contribution in [0.2, 0.25) is 0 Å². The molecule has 1 aliphatic carbocycles. The molecule has 2 aliphatic heterocycles. The Morgan fingerprint density at radius 1 is 1.05 bits per heavy atom. The van der Waals surface area contributed by atoms with Gasteiger partial charge in [-0.15, -0.1) is 10.2 Å². The van der Waals surface area contributed by atoms with E-state index in [-0.39, 0.29) is 35.2 Å². The Morgan fingerprint density at radius 3 is 2.27 bits per heavy atom. The number of aromatic amines is 1. The van der Waals surface area contributed by atoms with Crippen LogP contribution < -0.4 is 5.32 Å². The minimum atomic E-state index is -0.527. The Hall–Kier alpha value is -3.30. The van der Waals surface area contributed by atoms with Crippen molar-refractivity contribution in [3.8, 4) is 0 Å². The zero-order valence-corrected chi connectivity index (χ0v) is 27.8. The van der Waals surface area contributed by atoms with E-state index in [1.807, 2.05) is 24.3 Å². The molecule has 1 aromatic heterocycles. The number of carbonyl (C=O) groups excluding carboxylic acids is 2.